The first-order valence-corrected chi connectivity index (χ1v) is 9.73. The number of thiazole rings is 1. The highest BCUT2D eigenvalue weighted by atomic mass is 32.1. The highest BCUT2D eigenvalue weighted by molar-refractivity contribution is 7.09. The van der Waals surface area contributed by atoms with Gasteiger partial charge in [-0.3, -0.25) is 9.79 Å². The molecule has 0 aliphatic carbocycles. The molecule has 0 unspecified atom stereocenters. The summed E-state index contributed by atoms with van der Waals surface area (Å²) in [5.74, 6) is 0.980. The number of carbonyl (C=O) groups is 1. The molecule has 0 aliphatic rings. The molecular formula is C18H27N5O2S. The van der Waals surface area contributed by atoms with Crippen molar-refractivity contribution < 1.29 is 9.21 Å². The molecule has 0 saturated carbocycles. The van der Waals surface area contributed by atoms with Crippen molar-refractivity contribution in [1.29, 1.82) is 0 Å². The van der Waals surface area contributed by atoms with Gasteiger partial charge in [-0.1, -0.05) is 0 Å². The quantitative estimate of drug-likeness (QED) is 0.354. The highest BCUT2D eigenvalue weighted by Crippen LogP contribution is 2.08. The Morgan fingerprint density at radius 2 is 2.12 bits per heavy atom. The Morgan fingerprint density at radius 3 is 2.77 bits per heavy atom. The van der Waals surface area contributed by atoms with Gasteiger partial charge >= 0.3 is 0 Å². The van der Waals surface area contributed by atoms with Crippen molar-refractivity contribution in [2.75, 3.05) is 26.2 Å². The summed E-state index contributed by atoms with van der Waals surface area (Å²) in [6.45, 7) is 8.66. The van der Waals surface area contributed by atoms with E-state index in [1.54, 1.807) is 17.4 Å². The van der Waals surface area contributed by atoms with Gasteiger partial charge in [0.05, 0.1) is 17.0 Å². The first-order valence-electron chi connectivity index (χ1n) is 8.85. The van der Waals surface area contributed by atoms with Gasteiger partial charge in [0.15, 0.2) is 11.7 Å². The number of aromatic nitrogens is 1. The van der Waals surface area contributed by atoms with E-state index in [1.165, 1.54) is 6.26 Å². The molecule has 8 heteroatoms. The first-order chi connectivity index (χ1) is 12.6. The van der Waals surface area contributed by atoms with E-state index in [0.29, 0.717) is 18.8 Å². The van der Waals surface area contributed by atoms with Crippen LogP contribution in [0.15, 0.2) is 27.1 Å². The van der Waals surface area contributed by atoms with Crippen LogP contribution in [0.2, 0.25) is 0 Å². The highest BCUT2D eigenvalue weighted by Gasteiger charge is 2.11. The lowest BCUT2D eigenvalue weighted by molar-refractivity contribution is 0.0925. The van der Waals surface area contributed by atoms with Crippen molar-refractivity contribution in [3.05, 3.63) is 39.7 Å². The maximum absolute atomic E-state index is 11.9. The molecule has 1 amide bonds. The van der Waals surface area contributed by atoms with Crippen LogP contribution in [0.3, 0.4) is 0 Å². The minimum Gasteiger partial charge on any atom is -0.459 e. The molecule has 2 aromatic rings. The molecule has 7 nitrogen and oxygen atoms in total. The second-order valence-corrected chi connectivity index (χ2v) is 6.90. The first kappa shape index (κ1) is 20.0. The zero-order valence-electron chi connectivity index (χ0n) is 15.6. The van der Waals surface area contributed by atoms with Crippen LogP contribution in [0.25, 0.3) is 0 Å². The minimum atomic E-state index is -0.180. The molecular weight excluding hydrogens is 350 g/mol. The Bertz CT molecular complexity index is 723. The number of nitrogens with zero attached hydrogens (tertiary/aromatic N) is 2. The summed E-state index contributed by atoms with van der Waals surface area (Å²) < 4.78 is 5.17. The number of nitrogens with one attached hydrogen (secondary N) is 3. The van der Waals surface area contributed by atoms with E-state index in [1.807, 2.05) is 20.8 Å². The Labute approximate surface area is 158 Å². The molecule has 0 radical (unpaired) electrons. The van der Waals surface area contributed by atoms with Gasteiger partial charge in [0.1, 0.15) is 0 Å². The maximum Gasteiger partial charge on any atom is 0.287 e. The summed E-state index contributed by atoms with van der Waals surface area (Å²) in [4.78, 5) is 20.9. The van der Waals surface area contributed by atoms with Gasteiger partial charge in [0.25, 0.3) is 5.91 Å². The number of aryl methyl sites for hydroxylation is 2. The third-order valence-electron chi connectivity index (χ3n) is 3.64. The second kappa shape index (κ2) is 10.6. The number of guanidine groups is 1. The predicted molar refractivity (Wildman–Crippen MR) is 105 cm³/mol. The van der Waals surface area contributed by atoms with E-state index >= 15 is 0 Å². The molecule has 0 saturated heterocycles. The van der Waals surface area contributed by atoms with Crippen molar-refractivity contribution >= 4 is 23.2 Å². The molecule has 2 rings (SSSR count). The van der Waals surface area contributed by atoms with Crippen molar-refractivity contribution in [1.82, 2.24) is 20.9 Å². The van der Waals surface area contributed by atoms with E-state index in [4.69, 9.17) is 4.42 Å². The molecule has 142 valence electrons. The molecule has 2 aromatic heterocycles. The third kappa shape index (κ3) is 6.51. The van der Waals surface area contributed by atoms with Crippen LogP contribution in [0.4, 0.5) is 0 Å². The average Bonchev–Trinajstić information content (AvgIpc) is 3.22. The van der Waals surface area contributed by atoms with E-state index < -0.39 is 0 Å². The van der Waals surface area contributed by atoms with Gasteiger partial charge in [0, 0.05) is 43.5 Å². The smallest absolute Gasteiger partial charge is 0.287 e. The molecule has 3 N–H and O–H groups in total. The SMILES string of the molecule is CCNC(=NCCCNC(=O)c1occc1C)NCCc1csc(C)n1. The van der Waals surface area contributed by atoms with E-state index in [9.17, 15) is 4.79 Å². The number of hydrogen-bond donors (Lipinski definition) is 3. The van der Waals surface area contributed by atoms with Crippen molar-refractivity contribution in [3.63, 3.8) is 0 Å². The second-order valence-electron chi connectivity index (χ2n) is 5.84. The molecule has 0 atom stereocenters. The fraction of sp³-hybridized carbons (Fsp3) is 0.500. The van der Waals surface area contributed by atoms with Crippen molar-refractivity contribution in [3.8, 4) is 0 Å². The van der Waals surface area contributed by atoms with Gasteiger partial charge in [0.2, 0.25) is 0 Å². The van der Waals surface area contributed by atoms with Crippen molar-refractivity contribution in [2.24, 2.45) is 4.99 Å². The molecule has 2 heterocycles. The lowest BCUT2D eigenvalue weighted by Crippen LogP contribution is -2.38. The van der Waals surface area contributed by atoms with Crippen LogP contribution < -0.4 is 16.0 Å². The van der Waals surface area contributed by atoms with Crippen LogP contribution in [0.1, 0.15) is 40.2 Å². The topological polar surface area (TPSA) is 91.5 Å². The molecule has 26 heavy (non-hydrogen) atoms. The normalized spacial score (nSPS) is 11.4. The van der Waals surface area contributed by atoms with Gasteiger partial charge in [-0.05, 0) is 33.3 Å². The van der Waals surface area contributed by atoms with Gasteiger partial charge in [-0.2, -0.15) is 0 Å². The lowest BCUT2D eigenvalue weighted by atomic mass is 10.2. The van der Waals surface area contributed by atoms with E-state index in [0.717, 1.165) is 48.2 Å². The number of furan rings is 1. The largest absolute Gasteiger partial charge is 0.459 e. The zero-order chi connectivity index (χ0) is 18.8. The average molecular weight is 378 g/mol. The summed E-state index contributed by atoms with van der Waals surface area (Å²) in [6.07, 6.45) is 3.15. The fourth-order valence-corrected chi connectivity index (χ4v) is 2.98. The van der Waals surface area contributed by atoms with Gasteiger partial charge in [-0.15, -0.1) is 11.3 Å². The number of amides is 1. The fourth-order valence-electron chi connectivity index (χ4n) is 2.33. The van der Waals surface area contributed by atoms with Crippen LogP contribution >= 0.6 is 11.3 Å². The molecule has 0 fully saturated rings. The van der Waals surface area contributed by atoms with Crippen LogP contribution in [0, 0.1) is 13.8 Å². The van der Waals surface area contributed by atoms with Gasteiger partial charge < -0.3 is 20.4 Å². The molecule has 0 aromatic carbocycles. The molecule has 0 spiro atoms. The zero-order valence-corrected chi connectivity index (χ0v) is 16.4. The van der Waals surface area contributed by atoms with Crippen LogP contribution in [0.5, 0.6) is 0 Å². The number of hydrogen-bond acceptors (Lipinski definition) is 5. The standard InChI is InChI=1S/C18H27N5O2S/c1-4-19-18(22-10-6-15-12-26-14(3)23-15)21-9-5-8-20-17(24)16-13(2)7-11-25-16/h7,11-12H,4-6,8-10H2,1-3H3,(H,20,24)(H2,19,21,22). The Kier molecular flexibility index (Phi) is 8.14. The summed E-state index contributed by atoms with van der Waals surface area (Å²) >= 11 is 1.67. The summed E-state index contributed by atoms with van der Waals surface area (Å²) in [6, 6.07) is 1.78. The Morgan fingerprint density at radius 1 is 1.27 bits per heavy atom. The number of rotatable bonds is 9. The Balaban J connectivity index is 1.67. The van der Waals surface area contributed by atoms with Crippen LogP contribution in [-0.4, -0.2) is 43.0 Å². The minimum absolute atomic E-state index is 0.180. The van der Waals surface area contributed by atoms with Crippen molar-refractivity contribution in [2.45, 2.75) is 33.6 Å². The lowest BCUT2D eigenvalue weighted by Gasteiger charge is -2.10. The third-order valence-corrected chi connectivity index (χ3v) is 4.47. The predicted octanol–water partition coefficient (Wildman–Crippen LogP) is 2.27. The summed E-state index contributed by atoms with van der Waals surface area (Å²) in [5.41, 5.74) is 1.95. The maximum atomic E-state index is 11.9. The monoisotopic (exact) mass is 377 g/mol. The van der Waals surface area contributed by atoms with Crippen LogP contribution in [-0.2, 0) is 6.42 Å². The van der Waals surface area contributed by atoms with Gasteiger partial charge in [-0.25, -0.2) is 4.98 Å². The van der Waals surface area contributed by atoms with E-state index in [-0.39, 0.29) is 5.91 Å². The summed E-state index contributed by atoms with van der Waals surface area (Å²) in [7, 11) is 0. The summed E-state index contributed by atoms with van der Waals surface area (Å²) in [5, 5.41) is 12.6. The Hall–Kier alpha value is -2.35. The molecule has 0 bridgehead atoms. The number of aliphatic imine (C=N–C) groups is 1. The van der Waals surface area contributed by atoms with E-state index in [2.05, 4.69) is 31.3 Å². The number of carbonyl (C=O) groups excluding carboxylic acids is 1. The molecule has 0 aliphatic heterocycles.